The van der Waals surface area contributed by atoms with E-state index in [4.69, 9.17) is 4.98 Å². The molecule has 118 valence electrons. The molecule has 0 spiro atoms. The van der Waals surface area contributed by atoms with Crippen molar-refractivity contribution < 1.29 is 5.11 Å². The third kappa shape index (κ3) is 3.58. The number of thiazole rings is 1. The van der Waals surface area contributed by atoms with E-state index in [1.54, 1.807) is 11.3 Å². The van der Waals surface area contributed by atoms with Crippen LogP contribution in [0.5, 0.6) is 0 Å². The lowest BCUT2D eigenvalue weighted by atomic mass is 9.96. The Balaban J connectivity index is 1.64. The smallest absolute Gasteiger partial charge is 0.185 e. The van der Waals surface area contributed by atoms with E-state index in [9.17, 15) is 5.11 Å². The van der Waals surface area contributed by atoms with Crippen molar-refractivity contribution in [3.63, 3.8) is 0 Å². The fourth-order valence-corrected chi connectivity index (χ4v) is 4.13. The highest BCUT2D eigenvalue weighted by Gasteiger charge is 2.30. The van der Waals surface area contributed by atoms with Crippen LogP contribution in [0, 0.1) is 0 Å². The zero-order valence-electron chi connectivity index (χ0n) is 13.2. The van der Waals surface area contributed by atoms with Crippen LogP contribution < -0.4 is 4.90 Å². The first-order valence-corrected chi connectivity index (χ1v) is 9.16. The second kappa shape index (κ2) is 6.63. The van der Waals surface area contributed by atoms with Crippen molar-refractivity contribution in [2.45, 2.75) is 70.2 Å². The lowest BCUT2D eigenvalue weighted by Gasteiger charge is -2.37. The molecule has 0 bridgehead atoms. The van der Waals surface area contributed by atoms with Gasteiger partial charge in [-0.15, -0.1) is 11.3 Å². The predicted octanol–water partition coefficient (Wildman–Crippen LogP) is 2.87. The van der Waals surface area contributed by atoms with E-state index in [0.29, 0.717) is 12.1 Å². The number of hydrogen-bond acceptors (Lipinski definition) is 5. The highest BCUT2D eigenvalue weighted by Crippen LogP contribution is 2.32. The SMILES string of the molecule is CCC(O)C1CCCCN1Cc1csc(N(C)C2CC2)n1. The molecule has 1 aromatic heterocycles. The Labute approximate surface area is 131 Å². The molecule has 0 amide bonds. The number of piperidine rings is 1. The van der Waals surface area contributed by atoms with Crippen molar-refractivity contribution in [2.75, 3.05) is 18.5 Å². The van der Waals surface area contributed by atoms with E-state index in [-0.39, 0.29) is 6.10 Å². The van der Waals surface area contributed by atoms with Crippen molar-refractivity contribution in [2.24, 2.45) is 0 Å². The Morgan fingerprint density at radius 1 is 1.43 bits per heavy atom. The summed E-state index contributed by atoms with van der Waals surface area (Å²) in [5.74, 6) is 0. The molecule has 1 aromatic rings. The van der Waals surface area contributed by atoms with Gasteiger partial charge in [-0.05, 0) is 38.6 Å². The number of aliphatic hydroxyl groups is 1. The molecule has 1 aliphatic heterocycles. The molecule has 2 heterocycles. The Morgan fingerprint density at radius 3 is 2.95 bits per heavy atom. The van der Waals surface area contributed by atoms with E-state index in [1.165, 1.54) is 25.7 Å². The fourth-order valence-electron chi connectivity index (χ4n) is 3.28. The molecule has 0 aromatic carbocycles. The first-order valence-electron chi connectivity index (χ1n) is 8.28. The lowest BCUT2D eigenvalue weighted by Crippen LogP contribution is -2.46. The zero-order chi connectivity index (χ0) is 14.8. The molecular weight excluding hydrogens is 282 g/mol. The molecule has 1 N–H and O–H groups in total. The van der Waals surface area contributed by atoms with E-state index < -0.39 is 0 Å². The Hall–Kier alpha value is -0.650. The monoisotopic (exact) mass is 309 g/mol. The van der Waals surface area contributed by atoms with Gasteiger partial charge >= 0.3 is 0 Å². The molecule has 21 heavy (non-hydrogen) atoms. The number of nitrogens with zero attached hydrogens (tertiary/aromatic N) is 3. The van der Waals surface area contributed by atoms with Crippen LogP contribution in [-0.2, 0) is 6.54 Å². The van der Waals surface area contributed by atoms with Gasteiger partial charge in [0.2, 0.25) is 0 Å². The summed E-state index contributed by atoms with van der Waals surface area (Å²) in [5.41, 5.74) is 1.16. The second-order valence-corrected chi connectivity index (χ2v) is 7.31. The predicted molar refractivity (Wildman–Crippen MR) is 87.9 cm³/mol. The summed E-state index contributed by atoms with van der Waals surface area (Å²) in [4.78, 5) is 9.57. The minimum Gasteiger partial charge on any atom is -0.392 e. The summed E-state index contributed by atoms with van der Waals surface area (Å²) >= 11 is 1.76. The largest absolute Gasteiger partial charge is 0.392 e. The number of aliphatic hydroxyl groups excluding tert-OH is 1. The van der Waals surface area contributed by atoms with Crippen molar-refractivity contribution in [3.05, 3.63) is 11.1 Å². The standard InChI is InChI=1S/C16H27N3OS/c1-3-15(20)14-6-4-5-9-19(14)10-12-11-21-16(17-12)18(2)13-7-8-13/h11,13-15,20H,3-10H2,1-2H3. The van der Waals surface area contributed by atoms with Crippen molar-refractivity contribution in [3.8, 4) is 0 Å². The number of hydrogen-bond donors (Lipinski definition) is 1. The zero-order valence-corrected chi connectivity index (χ0v) is 14.0. The summed E-state index contributed by atoms with van der Waals surface area (Å²) in [6.07, 6.45) is 6.86. The van der Waals surface area contributed by atoms with Gasteiger partial charge in [0, 0.05) is 31.1 Å². The molecule has 2 aliphatic rings. The summed E-state index contributed by atoms with van der Waals surface area (Å²) in [5, 5.41) is 13.6. The molecule has 1 saturated heterocycles. The Morgan fingerprint density at radius 2 is 2.24 bits per heavy atom. The van der Waals surface area contributed by atoms with Crippen LogP contribution in [-0.4, -0.2) is 46.8 Å². The van der Waals surface area contributed by atoms with Gasteiger partial charge in [-0.25, -0.2) is 4.98 Å². The maximum Gasteiger partial charge on any atom is 0.185 e. The van der Waals surface area contributed by atoms with Gasteiger partial charge in [-0.3, -0.25) is 4.90 Å². The molecule has 1 saturated carbocycles. The summed E-state index contributed by atoms with van der Waals surface area (Å²) < 4.78 is 0. The van der Waals surface area contributed by atoms with Gasteiger partial charge < -0.3 is 10.0 Å². The molecule has 4 nitrogen and oxygen atoms in total. The topological polar surface area (TPSA) is 39.6 Å². The third-order valence-electron chi connectivity index (χ3n) is 4.83. The summed E-state index contributed by atoms with van der Waals surface area (Å²) in [6.45, 7) is 4.05. The van der Waals surface area contributed by atoms with Crippen LogP contribution in [0.4, 0.5) is 5.13 Å². The average molecular weight is 309 g/mol. The molecule has 2 atom stereocenters. The summed E-state index contributed by atoms with van der Waals surface area (Å²) in [6, 6.07) is 1.03. The Kier molecular flexibility index (Phi) is 4.82. The van der Waals surface area contributed by atoms with E-state index in [1.807, 2.05) is 0 Å². The van der Waals surface area contributed by atoms with E-state index in [2.05, 4.69) is 29.2 Å². The van der Waals surface area contributed by atoms with Gasteiger partial charge in [-0.1, -0.05) is 13.3 Å². The van der Waals surface area contributed by atoms with Crippen LogP contribution in [0.25, 0.3) is 0 Å². The van der Waals surface area contributed by atoms with Crippen molar-refractivity contribution in [1.82, 2.24) is 9.88 Å². The van der Waals surface area contributed by atoms with Gasteiger partial charge in [0.05, 0.1) is 11.8 Å². The first-order chi connectivity index (χ1) is 10.2. The van der Waals surface area contributed by atoms with Gasteiger partial charge in [0.1, 0.15) is 0 Å². The molecular formula is C16H27N3OS. The second-order valence-electron chi connectivity index (χ2n) is 6.47. The molecule has 0 radical (unpaired) electrons. The minimum atomic E-state index is -0.197. The third-order valence-corrected chi connectivity index (χ3v) is 5.81. The minimum absolute atomic E-state index is 0.197. The molecule has 2 unspecified atom stereocenters. The van der Waals surface area contributed by atoms with Crippen LogP contribution in [0.2, 0.25) is 0 Å². The lowest BCUT2D eigenvalue weighted by molar-refractivity contribution is 0.0190. The number of rotatable bonds is 6. The van der Waals surface area contributed by atoms with E-state index in [0.717, 1.165) is 36.8 Å². The van der Waals surface area contributed by atoms with Crippen LogP contribution in [0.15, 0.2) is 5.38 Å². The number of likely N-dealkylation sites (tertiary alicyclic amines) is 1. The molecule has 2 fully saturated rings. The quantitative estimate of drug-likeness (QED) is 0.877. The summed E-state index contributed by atoms with van der Waals surface area (Å²) in [7, 11) is 2.16. The Bertz CT molecular complexity index is 460. The first kappa shape index (κ1) is 15.3. The van der Waals surface area contributed by atoms with Crippen LogP contribution in [0.1, 0.15) is 51.1 Å². The van der Waals surface area contributed by atoms with E-state index >= 15 is 0 Å². The maximum atomic E-state index is 10.2. The van der Waals surface area contributed by atoms with Crippen molar-refractivity contribution in [1.29, 1.82) is 0 Å². The number of anilines is 1. The van der Waals surface area contributed by atoms with Crippen molar-refractivity contribution >= 4 is 16.5 Å². The fraction of sp³-hybridized carbons (Fsp3) is 0.812. The van der Waals surface area contributed by atoms with Crippen LogP contribution >= 0.6 is 11.3 Å². The normalized spacial score (nSPS) is 25.0. The molecule has 5 heteroatoms. The number of aromatic nitrogens is 1. The van der Waals surface area contributed by atoms with Crippen LogP contribution in [0.3, 0.4) is 0 Å². The van der Waals surface area contributed by atoms with Gasteiger partial charge in [0.15, 0.2) is 5.13 Å². The maximum absolute atomic E-state index is 10.2. The average Bonchev–Trinajstić information content (AvgIpc) is 3.26. The highest BCUT2D eigenvalue weighted by molar-refractivity contribution is 7.13. The van der Waals surface area contributed by atoms with Gasteiger partial charge in [-0.2, -0.15) is 0 Å². The van der Waals surface area contributed by atoms with Gasteiger partial charge in [0.25, 0.3) is 0 Å². The highest BCUT2D eigenvalue weighted by atomic mass is 32.1. The molecule has 1 aliphatic carbocycles. The molecule has 3 rings (SSSR count).